The summed E-state index contributed by atoms with van der Waals surface area (Å²) in [6.45, 7) is 3.94. The number of fused-ring (bicyclic) bond motifs is 1. The maximum Gasteiger partial charge on any atom is 0.335 e. The zero-order chi connectivity index (χ0) is 21.6. The van der Waals surface area contributed by atoms with E-state index in [9.17, 15) is 24.5 Å². The second-order valence-corrected chi connectivity index (χ2v) is 7.64. The fourth-order valence-corrected chi connectivity index (χ4v) is 3.50. The average Bonchev–Trinajstić information content (AvgIpc) is 2.98. The van der Waals surface area contributed by atoms with Crippen molar-refractivity contribution < 1.29 is 24.0 Å². The van der Waals surface area contributed by atoms with E-state index in [2.05, 4.69) is 5.32 Å². The van der Waals surface area contributed by atoms with Gasteiger partial charge in [-0.2, -0.15) is 0 Å². The van der Waals surface area contributed by atoms with E-state index in [1.807, 2.05) is 19.9 Å². The number of ether oxygens (including phenoxy) is 1. The third-order valence-electron chi connectivity index (χ3n) is 4.82. The number of hydrogen-bond donors (Lipinski definition) is 1. The van der Waals surface area contributed by atoms with Crippen LogP contribution in [0.3, 0.4) is 0 Å². The van der Waals surface area contributed by atoms with Crippen molar-refractivity contribution in [3.8, 4) is 5.75 Å². The Morgan fingerprint density at radius 2 is 1.83 bits per heavy atom. The molecule has 0 bridgehead atoms. The molecule has 1 N–H and O–H groups in total. The summed E-state index contributed by atoms with van der Waals surface area (Å²) < 4.78 is 5.83. The summed E-state index contributed by atoms with van der Waals surface area (Å²) in [4.78, 5) is 48.5. The maximum atomic E-state index is 12.9. The summed E-state index contributed by atoms with van der Waals surface area (Å²) >= 11 is 0. The van der Waals surface area contributed by atoms with E-state index in [-0.39, 0.29) is 22.5 Å². The molecule has 152 valence electrons. The summed E-state index contributed by atoms with van der Waals surface area (Å²) in [7, 11) is 0. The van der Waals surface area contributed by atoms with E-state index in [1.54, 1.807) is 12.1 Å². The molecule has 4 rings (SSSR count). The van der Waals surface area contributed by atoms with Crippen molar-refractivity contribution in [3.05, 3.63) is 69.3 Å². The van der Waals surface area contributed by atoms with Gasteiger partial charge in [0.25, 0.3) is 17.5 Å². The van der Waals surface area contributed by atoms with E-state index in [4.69, 9.17) is 4.74 Å². The first kappa shape index (κ1) is 19.3. The molecule has 0 radical (unpaired) electrons. The Morgan fingerprint density at radius 3 is 2.50 bits per heavy atom. The lowest BCUT2D eigenvalue weighted by atomic mass is 9.99. The summed E-state index contributed by atoms with van der Waals surface area (Å²) in [6, 6.07) is 9.33. The molecule has 1 fully saturated rings. The molecule has 0 aliphatic carbocycles. The van der Waals surface area contributed by atoms with Gasteiger partial charge in [0, 0.05) is 18.6 Å². The van der Waals surface area contributed by atoms with Crippen molar-refractivity contribution >= 4 is 35.3 Å². The molecule has 0 aromatic heterocycles. The zero-order valence-electron chi connectivity index (χ0n) is 16.2. The number of nitrogens with zero attached hydrogens (tertiary/aromatic N) is 2. The minimum absolute atomic E-state index is 0.116. The third-order valence-corrected chi connectivity index (χ3v) is 4.82. The number of non-ortho nitro benzene ring substituents is 1. The monoisotopic (exact) mass is 407 g/mol. The fourth-order valence-electron chi connectivity index (χ4n) is 3.50. The Labute approximate surface area is 171 Å². The summed E-state index contributed by atoms with van der Waals surface area (Å²) in [5.74, 6) is -0.862. The number of hydrogen-bond acceptors (Lipinski definition) is 6. The van der Waals surface area contributed by atoms with Crippen molar-refractivity contribution in [1.82, 2.24) is 5.32 Å². The highest BCUT2D eigenvalue weighted by atomic mass is 16.6. The van der Waals surface area contributed by atoms with Crippen LogP contribution < -0.4 is 15.0 Å². The van der Waals surface area contributed by atoms with Crippen LogP contribution in [0.4, 0.5) is 16.2 Å². The van der Waals surface area contributed by atoms with Gasteiger partial charge < -0.3 is 4.74 Å². The number of benzene rings is 2. The highest BCUT2D eigenvalue weighted by Crippen LogP contribution is 2.35. The smallest absolute Gasteiger partial charge is 0.335 e. The number of urea groups is 1. The SMILES string of the molecule is CC1(C)Cc2cc(/C=C3/C(=O)NC(=O)N(c4ccc([N+](=O)[O-])cc4)C3=O)ccc2O1. The van der Waals surface area contributed by atoms with Gasteiger partial charge in [0.2, 0.25) is 0 Å². The molecule has 0 saturated carbocycles. The molecule has 2 aliphatic rings. The lowest BCUT2D eigenvalue weighted by Crippen LogP contribution is -2.54. The second kappa shape index (κ2) is 6.80. The number of nitro groups is 1. The van der Waals surface area contributed by atoms with Gasteiger partial charge in [-0.15, -0.1) is 0 Å². The molecule has 2 aromatic carbocycles. The standard InChI is InChI=1S/C21H17N3O6/c1-21(2)11-13-9-12(3-8-17(13)30-21)10-16-18(25)22-20(27)23(19(16)26)14-4-6-15(7-5-14)24(28)29/h3-10H,11H2,1-2H3,(H,22,25,27)/b16-10-. The quantitative estimate of drug-likeness (QED) is 0.362. The topological polar surface area (TPSA) is 119 Å². The molecule has 0 unspecified atom stereocenters. The molecule has 30 heavy (non-hydrogen) atoms. The largest absolute Gasteiger partial charge is 0.487 e. The van der Waals surface area contributed by atoms with Gasteiger partial charge in [-0.25, -0.2) is 9.69 Å². The molecule has 1 saturated heterocycles. The average molecular weight is 407 g/mol. The minimum atomic E-state index is -0.917. The van der Waals surface area contributed by atoms with Crippen molar-refractivity contribution in [2.45, 2.75) is 25.9 Å². The van der Waals surface area contributed by atoms with Crippen LogP contribution in [0.25, 0.3) is 6.08 Å². The predicted molar refractivity (Wildman–Crippen MR) is 107 cm³/mol. The Kier molecular flexibility index (Phi) is 4.38. The molecule has 9 nitrogen and oxygen atoms in total. The number of barbiturate groups is 1. The van der Waals surface area contributed by atoms with Gasteiger partial charge in [-0.3, -0.25) is 25.0 Å². The van der Waals surface area contributed by atoms with Gasteiger partial charge in [-0.1, -0.05) is 6.07 Å². The second-order valence-electron chi connectivity index (χ2n) is 7.64. The number of carbonyl (C=O) groups excluding carboxylic acids is 3. The highest BCUT2D eigenvalue weighted by molar-refractivity contribution is 6.39. The number of nitro benzene ring substituents is 1. The van der Waals surface area contributed by atoms with E-state index in [0.29, 0.717) is 12.0 Å². The van der Waals surface area contributed by atoms with Gasteiger partial charge in [-0.05, 0) is 55.3 Å². The Bertz CT molecular complexity index is 1130. The van der Waals surface area contributed by atoms with Crippen molar-refractivity contribution in [2.24, 2.45) is 0 Å². The zero-order valence-corrected chi connectivity index (χ0v) is 16.2. The summed E-state index contributed by atoms with van der Waals surface area (Å²) in [6.07, 6.45) is 2.10. The van der Waals surface area contributed by atoms with E-state index in [1.165, 1.54) is 30.3 Å². The molecule has 2 heterocycles. The molecule has 9 heteroatoms. The molecule has 0 spiro atoms. The van der Waals surface area contributed by atoms with Gasteiger partial charge in [0.1, 0.15) is 16.9 Å². The van der Waals surface area contributed by atoms with Crippen LogP contribution in [0.1, 0.15) is 25.0 Å². The number of anilines is 1. The van der Waals surface area contributed by atoms with Crippen molar-refractivity contribution in [3.63, 3.8) is 0 Å². The van der Waals surface area contributed by atoms with Gasteiger partial charge >= 0.3 is 6.03 Å². The van der Waals surface area contributed by atoms with Crippen LogP contribution in [0.5, 0.6) is 5.75 Å². The van der Waals surface area contributed by atoms with Crippen LogP contribution in [0.15, 0.2) is 48.0 Å². The number of carbonyl (C=O) groups is 3. The van der Waals surface area contributed by atoms with Gasteiger partial charge in [0.05, 0.1) is 10.6 Å². The molecule has 2 aliphatic heterocycles. The minimum Gasteiger partial charge on any atom is -0.487 e. The molecule has 2 aromatic rings. The van der Waals surface area contributed by atoms with Crippen LogP contribution in [0, 0.1) is 10.1 Å². The Hall–Kier alpha value is -4.01. The lowest BCUT2D eigenvalue weighted by molar-refractivity contribution is -0.384. The molecular weight excluding hydrogens is 390 g/mol. The first-order chi connectivity index (χ1) is 14.1. The number of amides is 4. The maximum absolute atomic E-state index is 12.9. The van der Waals surface area contributed by atoms with E-state index in [0.717, 1.165) is 16.2 Å². The normalized spacial score (nSPS) is 18.8. The molecular formula is C21H17N3O6. The number of nitrogens with one attached hydrogen (secondary N) is 1. The van der Waals surface area contributed by atoms with E-state index >= 15 is 0 Å². The lowest BCUT2D eigenvalue weighted by Gasteiger charge is -2.26. The van der Waals surface area contributed by atoms with Crippen LogP contribution >= 0.6 is 0 Å². The Balaban J connectivity index is 1.67. The fraction of sp³-hybridized carbons (Fsp3) is 0.190. The highest BCUT2D eigenvalue weighted by Gasteiger charge is 2.37. The predicted octanol–water partition coefficient (Wildman–Crippen LogP) is 2.97. The van der Waals surface area contributed by atoms with Gasteiger partial charge in [0.15, 0.2) is 0 Å². The van der Waals surface area contributed by atoms with Crippen LogP contribution in [-0.2, 0) is 16.0 Å². The summed E-state index contributed by atoms with van der Waals surface area (Å²) in [5.41, 5.74) is 0.967. The summed E-state index contributed by atoms with van der Waals surface area (Å²) in [5, 5.41) is 13.0. The molecule has 0 atom stereocenters. The van der Waals surface area contributed by atoms with Crippen molar-refractivity contribution in [2.75, 3.05) is 4.90 Å². The van der Waals surface area contributed by atoms with Crippen molar-refractivity contribution in [1.29, 1.82) is 0 Å². The Morgan fingerprint density at radius 1 is 1.13 bits per heavy atom. The number of imide groups is 2. The van der Waals surface area contributed by atoms with E-state index < -0.39 is 22.8 Å². The van der Waals surface area contributed by atoms with Crippen LogP contribution in [-0.4, -0.2) is 28.4 Å². The van der Waals surface area contributed by atoms with Crippen LogP contribution in [0.2, 0.25) is 0 Å². The third kappa shape index (κ3) is 3.41. The number of rotatable bonds is 3. The first-order valence-electron chi connectivity index (χ1n) is 9.12. The molecule has 4 amide bonds. The first-order valence-corrected chi connectivity index (χ1v) is 9.12.